The summed E-state index contributed by atoms with van der Waals surface area (Å²) in [5.74, 6) is -0.169. The molecule has 0 aliphatic heterocycles. The first-order valence-electron chi connectivity index (χ1n) is 6.54. The number of alkyl halides is 1. The minimum absolute atomic E-state index is 0.209. The van der Waals surface area contributed by atoms with Gasteiger partial charge in [-0.05, 0) is 29.5 Å². The van der Waals surface area contributed by atoms with Crippen molar-refractivity contribution < 1.29 is 14.5 Å². The van der Waals surface area contributed by atoms with Crippen molar-refractivity contribution >= 4 is 23.4 Å². The highest BCUT2D eigenvalue weighted by Gasteiger charge is 2.25. The lowest BCUT2D eigenvalue weighted by Crippen LogP contribution is -2.12. The van der Waals surface area contributed by atoms with Crippen LogP contribution in [0.15, 0.2) is 24.4 Å². The number of rotatable bonds is 5. The van der Waals surface area contributed by atoms with E-state index >= 15 is 0 Å². The maximum Gasteiger partial charge on any atom is 0.348 e. The quantitative estimate of drug-likeness (QED) is 0.365. The normalized spacial score (nSPS) is 10.5. The molecule has 22 heavy (non-hydrogen) atoms. The van der Waals surface area contributed by atoms with Gasteiger partial charge in [-0.3, -0.25) is 0 Å². The van der Waals surface area contributed by atoms with Gasteiger partial charge in [0.25, 0.3) is 0 Å². The van der Waals surface area contributed by atoms with Crippen LogP contribution in [-0.2, 0) is 10.6 Å². The molecular formula is C14H14ClN3O4. The summed E-state index contributed by atoms with van der Waals surface area (Å²) in [5, 5.41) is 11.2. The summed E-state index contributed by atoms with van der Waals surface area (Å²) in [5.41, 5.74) is 1.28. The van der Waals surface area contributed by atoms with Crippen LogP contribution in [0.3, 0.4) is 0 Å². The van der Waals surface area contributed by atoms with Gasteiger partial charge < -0.3 is 14.9 Å². The van der Waals surface area contributed by atoms with E-state index in [1.165, 1.54) is 4.57 Å². The minimum atomic E-state index is -0.555. The molecule has 0 N–H and O–H groups in total. The summed E-state index contributed by atoms with van der Waals surface area (Å²) in [4.78, 5) is 26.7. The van der Waals surface area contributed by atoms with Crippen LogP contribution in [0, 0.1) is 17.0 Å². The molecule has 0 aliphatic rings. The minimum Gasteiger partial charge on any atom is -0.462 e. The number of esters is 1. The zero-order chi connectivity index (χ0) is 16.3. The van der Waals surface area contributed by atoms with Gasteiger partial charge >= 0.3 is 11.8 Å². The van der Waals surface area contributed by atoms with Crippen LogP contribution in [-0.4, -0.2) is 27.1 Å². The average Bonchev–Trinajstić information content (AvgIpc) is 2.88. The van der Waals surface area contributed by atoms with Crippen molar-refractivity contribution in [2.24, 2.45) is 0 Å². The van der Waals surface area contributed by atoms with E-state index in [1.54, 1.807) is 32.0 Å². The molecule has 0 amide bonds. The smallest absolute Gasteiger partial charge is 0.348 e. The molecule has 2 rings (SSSR count). The number of hydrogen-bond donors (Lipinski definition) is 0. The Morgan fingerprint density at radius 2 is 2.23 bits per heavy atom. The fourth-order valence-electron chi connectivity index (χ4n) is 2.09. The lowest BCUT2D eigenvalue weighted by atomic mass is 10.1. The Morgan fingerprint density at radius 3 is 2.82 bits per heavy atom. The summed E-state index contributed by atoms with van der Waals surface area (Å²) >= 11 is 5.82. The number of imidazole rings is 1. The summed E-state index contributed by atoms with van der Waals surface area (Å²) in [6, 6.07) is 4.86. The highest BCUT2D eigenvalue weighted by molar-refractivity contribution is 6.17. The third kappa shape index (κ3) is 2.94. The number of carbonyl (C=O) groups is 1. The van der Waals surface area contributed by atoms with Crippen molar-refractivity contribution in [3.8, 4) is 5.69 Å². The van der Waals surface area contributed by atoms with Crippen molar-refractivity contribution in [1.82, 2.24) is 9.55 Å². The maximum absolute atomic E-state index is 12.1. The lowest BCUT2D eigenvalue weighted by molar-refractivity contribution is -0.391. The summed E-state index contributed by atoms with van der Waals surface area (Å²) < 4.78 is 6.31. The van der Waals surface area contributed by atoms with Gasteiger partial charge in [0.2, 0.25) is 0 Å². The van der Waals surface area contributed by atoms with Crippen molar-refractivity contribution in [1.29, 1.82) is 0 Å². The van der Waals surface area contributed by atoms with Crippen LogP contribution < -0.4 is 0 Å². The number of ether oxygens (including phenoxy) is 1. The van der Waals surface area contributed by atoms with E-state index in [1.807, 2.05) is 0 Å². The van der Waals surface area contributed by atoms with E-state index in [0.29, 0.717) is 11.5 Å². The van der Waals surface area contributed by atoms with E-state index in [9.17, 15) is 14.9 Å². The van der Waals surface area contributed by atoms with Crippen molar-refractivity contribution in [2.45, 2.75) is 19.7 Å². The first-order chi connectivity index (χ1) is 10.5. The number of benzene rings is 1. The Hall–Kier alpha value is -2.41. The van der Waals surface area contributed by atoms with Gasteiger partial charge in [-0.1, -0.05) is 6.07 Å². The molecule has 0 bridgehead atoms. The highest BCUT2D eigenvalue weighted by atomic mass is 35.5. The number of nitrogens with zero attached hydrogens (tertiary/aromatic N) is 3. The number of hydrogen-bond acceptors (Lipinski definition) is 5. The summed E-state index contributed by atoms with van der Waals surface area (Å²) in [7, 11) is 0. The maximum atomic E-state index is 12.1. The molecule has 0 unspecified atom stereocenters. The molecule has 0 spiro atoms. The molecule has 7 nitrogen and oxygen atoms in total. The molecule has 1 aromatic carbocycles. The molecule has 0 saturated carbocycles. The molecule has 0 radical (unpaired) electrons. The number of aromatic nitrogens is 2. The van der Waals surface area contributed by atoms with Crippen LogP contribution in [0.2, 0.25) is 0 Å². The first kappa shape index (κ1) is 16.0. The summed E-state index contributed by atoms with van der Waals surface area (Å²) in [6.45, 7) is 3.52. The number of aryl methyl sites for hydroxylation is 1. The third-order valence-electron chi connectivity index (χ3n) is 3.06. The molecule has 1 heterocycles. The van der Waals surface area contributed by atoms with E-state index < -0.39 is 10.9 Å². The molecular weight excluding hydrogens is 310 g/mol. The Labute approximate surface area is 131 Å². The molecule has 0 aliphatic carbocycles. The predicted molar refractivity (Wildman–Crippen MR) is 80.5 cm³/mol. The van der Waals surface area contributed by atoms with Gasteiger partial charge in [0.15, 0.2) is 5.82 Å². The second-order valence-electron chi connectivity index (χ2n) is 4.46. The van der Waals surface area contributed by atoms with Gasteiger partial charge in [0.1, 0.15) is 17.4 Å². The monoisotopic (exact) mass is 323 g/mol. The van der Waals surface area contributed by atoms with Crippen molar-refractivity contribution in [2.75, 3.05) is 6.61 Å². The SMILES string of the molecule is CCOC(=O)c1ccc(CCl)cc1-n1c([N+](=O)[O-])cnc1C. The van der Waals surface area contributed by atoms with E-state index in [4.69, 9.17) is 16.3 Å². The van der Waals surface area contributed by atoms with Crippen molar-refractivity contribution in [3.63, 3.8) is 0 Å². The van der Waals surface area contributed by atoms with Gasteiger partial charge in [-0.15, -0.1) is 11.6 Å². The first-order valence-corrected chi connectivity index (χ1v) is 7.08. The lowest BCUT2D eigenvalue weighted by Gasteiger charge is -2.10. The van der Waals surface area contributed by atoms with Crippen LogP contribution in [0.4, 0.5) is 5.82 Å². The Balaban J connectivity index is 2.69. The Morgan fingerprint density at radius 1 is 1.50 bits per heavy atom. The van der Waals surface area contributed by atoms with Crippen LogP contribution >= 0.6 is 11.6 Å². The van der Waals surface area contributed by atoms with Crippen LogP contribution in [0.1, 0.15) is 28.7 Å². The second-order valence-corrected chi connectivity index (χ2v) is 4.73. The molecule has 0 atom stereocenters. The van der Waals surface area contributed by atoms with Gasteiger partial charge in [-0.2, -0.15) is 4.57 Å². The number of nitro groups is 1. The van der Waals surface area contributed by atoms with Gasteiger partial charge in [0.05, 0.1) is 6.61 Å². The largest absolute Gasteiger partial charge is 0.462 e. The predicted octanol–water partition coefficient (Wildman–Crippen LogP) is 3.00. The fourth-order valence-corrected chi connectivity index (χ4v) is 2.25. The van der Waals surface area contributed by atoms with Crippen LogP contribution in [0.25, 0.3) is 5.69 Å². The molecule has 1 aromatic heterocycles. The van der Waals surface area contributed by atoms with E-state index in [-0.39, 0.29) is 23.9 Å². The third-order valence-corrected chi connectivity index (χ3v) is 3.37. The Bertz CT molecular complexity index is 727. The highest BCUT2D eigenvalue weighted by Crippen LogP contribution is 2.26. The van der Waals surface area contributed by atoms with E-state index in [0.717, 1.165) is 11.8 Å². The number of halogens is 1. The van der Waals surface area contributed by atoms with Crippen LogP contribution in [0.5, 0.6) is 0 Å². The molecule has 116 valence electrons. The zero-order valence-corrected chi connectivity index (χ0v) is 12.8. The fraction of sp³-hybridized carbons (Fsp3) is 0.286. The van der Waals surface area contributed by atoms with E-state index in [2.05, 4.69) is 4.98 Å². The molecule has 0 saturated heterocycles. The molecule has 2 aromatic rings. The number of carbonyl (C=O) groups excluding carboxylic acids is 1. The second kappa shape index (κ2) is 6.57. The van der Waals surface area contributed by atoms with Gasteiger partial charge in [-0.25, -0.2) is 9.78 Å². The topological polar surface area (TPSA) is 87.3 Å². The molecule has 8 heteroatoms. The standard InChI is InChI=1S/C14H14ClN3O4/c1-3-22-14(19)11-5-4-10(7-15)6-12(11)17-9(2)16-8-13(17)18(20)21/h4-6,8H,3,7H2,1-2H3. The average molecular weight is 324 g/mol. The summed E-state index contributed by atoms with van der Waals surface area (Å²) in [6.07, 6.45) is 1.15. The van der Waals surface area contributed by atoms with Gasteiger partial charge in [0, 0.05) is 12.8 Å². The Kier molecular flexibility index (Phi) is 4.77. The van der Waals surface area contributed by atoms with Crippen molar-refractivity contribution in [3.05, 3.63) is 51.5 Å². The zero-order valence-electron chi connectivity index (χ0n) is 12.1. The molecule has 0 fully saturated rings.